The number of thioether (sulfide) groups is 1. The van der Waals surface area contributed by atoms with E-state index >= 15 is 0 Å². The quantitative estimate of drug-likeness (QED) is 0.773. The summed E-state index contributed by atoms with van der Waals surface area (Å²) in [7, 11) is 0. The number of anilines is 1. The van der Waals surface area contributed by atoms with E-state index in [0.717, 1.165) is 5.04 Å². The number of oxime groups is 1. The van der Waals surface area contributed by atoms with Crippen molar-refractivity contribution in [1.29, 1.82) is 0 Å². The monoisotopic (exact) mass is 379 g/mol. The number of halogens is 1. The molecule has 3 rings (SSSR count). The number of amides is 1. The third-order valence-electron chi connectivity index (χ3n) is 3.55. The maximum absolute atomic E-state index is 14.1. The summed E-state index contributed by atoms with van der Waals surface area (Å²) >= 11 is 1.48. The molecule has 0 saturated carbocycles. The fourth-order valence-corrected chi connectivity index (χ4v) is 3.37. The van der Waals surface area contributed by atoms with Gasteiger partial charge in [-0.3, -0.25) is 5.32 Å². The average molecular weight is 379 g/mol. The molecule has 0 aliphatic carbocycles. The van der Waals surface area contributed by atoms with E-state index in [0.29, 0.717) is 28.8 Å². The van der Waals surface area contributed by atoms with Gasteiger partial charge in [-0.2, -0.15) is 0 Å². The van der Waals surface area contributed by atoms with Gasteiger partial charge in [0.25, 0.3) is 0 Å². The fraction of sp³-hybridized carbons (Fsp3) is 0.353. The van der Waals surface area contributed by atoms with Crippen LogP contribution in [0.1, 0.15) is 26.0 Å². The largest absolute Gasteiger partial charge is 0.445 e. The molecule has 2 heterocycles. The normalized spacial score (nSPS) is 15.4. The number of rotatable bonds is 5. The SMILES string of the molecule is C=CCOC(=O)Nc1cc2c(CSC3=NOC(C)(C)C3)noc2cc1F. The van der Waals surface area contributed by atoms with Crippen LogP contribution in [0.4, 0.5) is 14.9 Å². The molecular formula is C17H18FN3O4S. The smallest absolute Gasteiger partial charge is 0.412 e. The average Bonchev–Trinajstić information content (AvgIpc) is 3.13. The zero-order valence-electron chi connectivity index (χ0n) is 14.4. The van der Waals surface area contributed by atoms with Crippen LogP contribution in [0.5, 0.6) is 0 Å². The summed E-state index contributed by atoms with van der Waals surface area (Å²) in [6, 6.07) is 2.65. The summed E-state index contributed by atoms with van der Waals surface area (Å²) in [6.45, 7) is 7.40. The Balaban J connectivity index is 1.74. The maximum Gasteiger partial charge on any atom is 0.412 e. The summed E-state index contributed by atoms with van der Waals surface area (Å²) in [5.74, 6) is -0.157. The first-order valence-corrected chi connectivity index (χ1v) is 8.87. The standard InChI is InChI=1S/C17H18FN3O4S/c1-4-5-23-16(22)19-12-6-10-13(20-24-14(10)7-11(12)18)9-26-15-8-17(2,3)25-21-15/h4,6-7H,1,5,8-9H2,2-3H3,(H,19,22). The molecule has 1 aromatic heterocycles. The molecule has 1 N–H and O–H groups in total. The van der Waals surface area contributed by atoms with E-state index in [9.17, 15) is 9.18 Å². The van der Waals surface area contributed by atoms with Gasteiger partial charge in [-0.05, 0) is 19.9 Å². The van der Waals surface area contributed by atoms with E-state index in [-0.39, 0.29) is 17.9 Å². The maximum atomic E-state index is 14.1. The molecule has 7 nitrogen and oxygen atoms in total. The summed E-state index contributed by atoms with van der Waals surface area (Å²) in [5.41, 5.74) is 0.608. The van der Waals surface area contributed by atoms with E-state index in [2.05, 4.69) is 22.2 Å². The molecule has 9 heteroatoms. The second-order valence-corrected chi connectivity index (χ2v) is 7.32. The van der Waals surface area contributed by atoms with Crippen LogP contribution >= 0.6 is 11.8 Å². The zero-order valence-corrected chi connectivity index (χ0v) is 15.2. The summed E-state index contributed by atoms with van der Waals surface area (Å²) in [4.78, 5) is 16.9. The molecule has 1 amide bonds. The number of hydrogen-bond acceptors (Lipinski definition) is 7. The van der Waals surface area contributed by atoms with Crippen molar-refractivity contribution in [3.8, 4) is 0 Å². The number of aromatic nitrogens is 1. The van der Waals surface area contributed by atoms with E-state index in [1.165, 1.54) is 30.0 Å². The number of hydrogen-bond donors (Lipinski definition) is 1. The molecule has 26 heavy (non-hydrogen) atoms. The Morgan fingerprint density at radius 1 is 1.54 bits per heavy atom. The molecule has 1 aromatic carbocycles. The predicted molar refractivity (Wildman–Crippen MR) is 97.6 cm³/mol. The second-order valence-electron chi connectivity index (χ2n) is 6.27. The van der Waals surface area contributed by atoms with Crippen molar-refractivity contribution < 1.29 is 23.3 Å². The van der Waals surface area contributed by atoms with E-state index in [1.807, 2.05) is 13.8 Å². The van der Waals surface area contributed by atoms with Crippen LogP contribution in [0.25, 0.3) is 11.0 Å². The molecule has 0 fully saturated rings. The lowest BCUT2D eigenvalue weighted by Gasteiger charge is -2.12. The molecule has 138 valence electrons. The summed E-state index contributed by atoms with van der Waals surface area (Å²) in [6.07, 6.45) is 1.37. The van der Waals surface area contributed by atoms with Crippen LogP contribution in [0.3, 0.4) is 0 Å². The van der Waals surface area contributed by atoms with Crippen molar-refractivity contribution >= 4 is 39.6 Å². The van der Waals surface area contributed by atoms with Gasteiger partial charge < -0.3 is 14.1 Å². The number of fused-ring (bicyclic) bond motifs is 1. The van der Waals surface area contributed by atoms with Gasteiger partial charge in [0.15, 0.2) is 11.4 Å². The van der Waals surface area contributed by atoms with Crippen molar-refractivity contribution in [1.82, 2.24) is 5.16 Å². The molecule has 0 radical (unpaired) electrons. The number of carbonyl (C=O) groups is 1. The van der Waals surface area contributed by atoms with E-state index in [1.54, 1.807) is 0 Å². The Morgan fingerprint density at radius 2 is 2.35 bits per heavy atom. The minimum absolute atomic E-state index is 0.0105. The molecule has 0 saturated heterocycles. The highest BCUT2D eigenvalue weighted by Gasteiger charge is 2.29. The molecule has 1 aliphatic heterocycles. The van der Waals surface area contributed by atoms with Crippen LogP contribution in [0, 0.1) is 5.82 Å². The zero-order chi connectivity index (χ0) is 18.7. The minimum atomic E-state index is -0.768. The van der Waals surface area contributed by atoms with Crippen molar-refractivity contribution in [3.63, 3.8) is 0 Å². The van der Waals surface area contributed by atoms with Crippen molar-refractivity contribution in [2.75, 3.05) is 11.9 Å². The van der Waals surface area contributed by atoms with Crippen LogP contribution < -0.4 is 5.32 Å². The first-order chi connectivity index (χ1) is 12.4. The Morgan fingerprint density at radius 3 is 3.04 bits per heavy atom. The van der Waals surface area contributed by atoms with Gasteiger partial charge in [0.2, 0.25) is 0 Å². The summed E-state index contributed by atoms with van der Waals surface area (Å²) in [5, 5.41) is 11.9. The van der Waals surface area contributed by atoms with Crippen LogP contribution in [-0.4, -0.2) is 28.5 Å². The second kappa shape index (κ2) is 7.36. The molecule has 2 aromatic rings. The molecule has 0 atom stereocenters. The number of carbonyl (C=O) groups excluding carboxylic acids is 1. The number of nitrogens with one attached hydrogen (secondary N) is 1. The molecule has 1 aliphatic rings. The lowest BCUT2D eigenvalue weighted by Crippen LogP contribution is -2.18. The van der Waals surface area contributed by atoms with Gasteiger partial charge in [0.05, 0.1) is 5.69 Å². The number of ether oxygens (including phenoxy) is 1. The van der Waals surface area contributed by atoms with Gasteiger partial charge in [-0.15, -0.1) is 11.8 Å². The first kappa shape index (κ1) is 18.2. The number of nitrogens with zero attached hydrogens (tertiary/aromatic N) is 2. The van der Waals surface area contributed by atoms with Gasteiger partial charge in [-0.1, -0.05) is 23.0 Å². The number of benzene rings is 1. The van der Waals surface area contributed by atoms with Crippen LogP contribution in [0.2, 0.25) is 0 Å². The molecule has 0 bridgehead atoms. The lowest BCUT2D eigenvalue weighted by molar-refractivity contribution is 0.0123. The van der Waals surface area contributed by atoms with Crippen molar-refractivity contribution in [3.05, 3.63) is 36.3 Å². The van der Waals surface area contributed by atoms with Gasteiger partial charge in [0, 0.05) is 23.6 Å². The van der Waals surface area contributed by atoms with E-state index in [4.69, 9.17) is 14.1 Å². The topological polar surface area (TPSA) is 86.0 Å². The van der Waals surface area contributed by atoms with Gasteiger partial charge in [-0.25, -0.2) is 9.18 Å². The van der Waals surface area contributed by atoms with E-state index < -0.39 is 11.9 Å². The highest BCUT2D eigenvalue weighted by atomic mass is 32.2. The summed E-state index contributed by atoms with van der Waals surface area (Å²) < 4.78 is 24.1. The third-order valence-corrected chi connectivity index (χ3v) is 4.52. The Labute approximate surface area is 153 Å². The van der Waals surface area contributed by atoms with Gasteiger partial charge >= 0.3 is 6.09 Å². The fourth-order valence-electron chi connectivity index (χ4n) is 2.32. The first-order valence-electron chi connectivity index (χ1n) is 7.88. The third kappa shape index (κ3) is 4.16. The molecule has 0 unspecified atom stereocenters. The van der Waals surface area contributed by atoms with Crippen molar-refractivity contribution in [2.24, 2.45) is 5.16 Å². The Hall–Kier alpha value is -2.55. The Bertz CT molecular complexity index is 878. The predicted octanol–water partition coefficient (Wildman–Crippen LogP) is 4.45. The lowest BCUT2D eigenvalue weighted by atomic mass is 10.1. The van der Waals surface area contributed by atoms with Crippen molar-refractivity contribution in [2.45, 2.75) is 31.6 Å². The highest BCUT2D eigenvalue weighted by molar-refractivity contribution is 8.13. The highest BCUT2D eigenvalue weighted by Crippen LogP contribution is 2.32. The molecule has 0 spiro atoms. The van der Waals surface area contributed by atoms with Crippen LogP contribution in [0.15, 0.2) is 34.5 Å². The van der Waals surface area contributed by atoms with Crippen LogP contribution in [-0.2, 0) is 15.3 Å². The Kier molecular flexibility index (Phi) is 5.17. The minimum Gasteiger partial charge on any atom is -0.445 e. The molecular weight excluding hydrogens is 361 g/mol. The van der Waals surface area contributed by atoms with Gasteiger partial charge in [0.1, 0.15) is 22.9 Å².